The van der Waals surface area contributed by atoms with Crippen molar-refractivity contribution in [3.05, 3.63) is 0 Å². The van der Waals surface area contributed by atoms with Crippen LogP contribution >= 0.6 is 0 Å². The lowest BCUT2D eigenvalue weighted by Gasteiger charge is -2.29. The summed E-state index contributed by atoms with van der Waals surface area (Å²) in [6, 6.07) is 3.96. The number of ether oxygens (including phenoxy) is 5. The van der Waals surface area contributed by atoms with Crippen molar-refractivity contribution in [3.63, 3.8) is 0 Å². The minimum absolute atomic E-state index is 0.179. The Balaban J connectivity index is 0. The van der Waals surface area contributed by atoms with Gasteiger partial charge >= 0.3 is 12.1 Å². The molecule has 0 spiro atoms. The summed E-state index contributed by atoms with van der Waals surface area (Å²) in [5.74, 6) is -1.12. The molecule has 0 aliphatic rings. The number of amides is 1. The zero-order valence-electron chi connectivity index (χ0n) is 20.9. The number of carbonyl (C=O) groups excluding carboxylic acids is 1. The number of nitrogens with one attached hydrogen (secondary N) is 1. The van der Waals surface area contributed by atoms with Crippen LogP contribution in [0.5, 0.6) is 0 Å². The molecule has 0 atom stereocenters. The van der Waals surface area contributed by atoms with Gasteiger partial charge in [-0.25, -0.2) is 4.79 Å². The first-order chi connectivity index (χ1) is 15.4. The van der Waals surface area contributed by atoms with E-state index < -0.39 is 28.6 Å². The third kappa shape index (κ3) is 14.3. The van der Waals surface area contributed by atoms with Gasteiger partial charge in [0.1, 0.15) is 11.1 Å². The van der Waals surface area contributed by atoms with E-state index in [1.165, 1.54) is 14.2 Å². The van der Waals surface area contributed by atoms with Gasteiger partial charge in [0.25, 0.3) is 0 Å². The van der Waals surface area contributed by atoms with E-state index in [1.807, 2.05) is 6.07 Å². The number of hydrogen-bond acceptors (Lipinski definition) is 9. The molecule has 0 fully saturated rings. The summed E-state index contributed by atoms with van der Waals surface area (Å²) in [7, 11) is 6.04. The van der Waals surface area contributed by atoms with Crippen molar-refractivity contribution in [3.8, 4) is 12.1 Å². The van der Waals surface area contributed by atoms with Crippen LogP contribution in [0.1, 0.15) is 46.5 Å². The molecule has 0 saturated heterocycles. The summed E-state index contributed by atoms with van der Waals surface area (Å²) in [5, 5.41) is 29.8. The van der Waals surface area contributed by atoms with E-state index in [2.05, 4.69) is 11.4 Å². The van der Waals surface area contributed by atoms with Crippen LogP contribution < -0.4 is 5.32 Å². The van der Waals surface area contributed by atoms with Gasteiger partial charge < -0.3 is 34.1 Å². The average molecular weight is 474 g/mol. The van der Waals surface area contributed by atoms with Gasteiger partial charge in [0.2, 0.25) is 0 Å². The molecule has 0 saturated carbocycles. The highest BCUT2D eigenvalue weighted by Gasteiger charge is 2.38. The monoisotopic (exact) mass is 473 g/mol. The van der Waals surface area contributed by atoms with Gasteiger partial charge in [0.05, 0.1) is 12.1 Å². The van der Waals surface area contributed by atoms with Crippen LogP contribution in [0.25, 0.3) is 0 Å². The second kappa shape index (κ2) is 17.1. The Bertz CT molecular complexity index is 633. The zero-order valence-corrected chi connectivity index (χ0v) is 20.9. The molecule has 0 unspecified atom stereocenters. The minimum Gasteiger partial charge on any atom is -0.480 e. The normalized spacial score (nSPS) is 11.4. The van der Waals surface area contributed by atoms with Crippen LogP contribution in [0.4, 0.5) is 4.79 Å². The van der Waals surface area contributed by atoms with Gasteiger partial charge in [-0.15, -0.1) is 0 Å². The fraction of sp³-hybridized carbons (Fsp3) is 0.818. The molecule has 0 rings (SSSR count). The number of rotatable bonds is 14. The molecule has 0 aromatic carbocycles. The lowest BCUT2D eigenvalue weighted by Crippen LogP contribution is -2.50. The van der Waals surface area contributed by atoms with E-state index in [0.29, 0.717) is 26.1 Å². The number of aliphatic carboxylic acids is 1. The Hall–Kier alpha value is -2.44. The van der Waals surface area contributed by atoms with Crippen LogP contribution in [0.3, 0.4) is 0 Å². The third-order valence-corrected chi connectivity index (χ3v) is 4.51. The SMILES string of the molecule is COCCC(C#N)(CCOC)C(=O)O.COCCC(C#N)(CCOC)NC(=O)OC(C)(C)C. The molecule has 0 aliphatic carbocycles. The van der Waals surface area contributed by atoms with Crippen molar-refractivity contribution in [2.75, 3.05) is 54.9 Å². The van der Waals surface area contributed by atoms with Crippen LogP contribution in [0.15, 0.2) is 0 Å². The second-order valence-electron chi connectivity index (χ2n) is 8.29. The van der Waals surface area contributed by atoms with Crippen molar-refractivity contribution < 1.29 is 38.4 Å². The van der Waals surface area contributed by atoms with E-state index in [1.54, 1.807) is 35.0 Å². The first-order valence-corrected chi connectivity index (χ1v) is 10.4. The molecule has 190 valence electrons. The molecule has 0 aromatic heterocycles. The van der Waals surface area contributed by atoms with Crippen molar-refractivity contribution in [2.24, 2.45) is 5.41 Å². The van der Waals surface area contributed by atoms with Gasteiger partial charge in [-0.2, -0.15) is 10.5 Å². The van der Waals surface area contributed by atoms with Gasteiger partial charge in [-0.1, -0.05) is 0 Å². The van der Waals surface area contributed by atoms with Crippen molar-refractivity contribution in [1.82, 2.24) is 5.32 Å². The molecular formula is C22H39N3O8. The highest BCUT2D eigenvalue weighted by Crippen LogP contribution is 2.26. The number of carbonyl (C=O) groups is 2. The predicted octanol–water partition coefficient (Wildman–Crippen LogP) is 2.50. The van der Waals surface area contributed by atoms with E-state index in [9.17, 15) is 14.9 Å². The standard InChI is InChI=1S/C13H24N2O4.C9H15NO4/c1-12(2,3)19-11(16)15-13(10-14,6-8-17-4)7-9-18-5;1-13-5-3-9(7-10,8(11)12)4-6-14-2/h6-9H2,1-5H3,(H,15,16);3-6H2,1-2H3,(H,11,12). The first kappa shape index (κ1) is 32.7. The van der Waals surface area contributed by atoms with Crippen LogP contribution in [0, 0.1) is 28.1 Å². The molecule has 11 heteroatoms. The molecule has 11 nitrogen and oxygen atoms in total. The number of carboxylic acid groups (broad SMARTS) is 1. The second-order valence-corrected chi connectivity index (χ2v) is 8.29. The van der Waals surface area contributed by atoms with E-state index in [-0.39, 0.29) is 26.1 Å². The van der Waals surface area contributed by atoms with Gasteiger partial charge in [0.15, 0.2) is 5.41 Å². The van der Waals surface area contributed by atoms with E-state index >= 15 is 0 Å². The Morgan fingerprint density at radius 3 is 1.45 bits per heavy atom. The third-order valence-electron chi connectivity index (χ3n) is 4.51. The summed E-state index contributed by atoms with van der Waals surface area (Å²) in [5.41, 5.74) is -3.02. The molecule has 0 radical (unpaired) electrons. The van der Waals surface area contributed by atoms with Crippen LogP contribution in [-0.4, -0.2) is 83.2 Å². The quantitative estimate of drug-likeness (QED) is 0.383. The maximum absolute atomic E-state index is 11.8. The summed E-state index contributed by atoms with van der Waals surface area (Å²) in [6.07, 6.45) is 0.504. The topological polar surface area (TPSA) is 160 Å². The molecule has 1 amide bonds. The Labute approximate surface area is 196 Å². The summed E-state index contributed by atoms with van der Waals surface area (Å²) < 4.78 is 24.7. The van der Waals surface area contributed by atoms with Gasteiger partial charge in [0, 0.05) is 80.6 Å². The molecule has 2 N–H and O–H groups in total. The Kier molecular flexibility index (Phi) is 17.0. The number of alkyl carbamates (subject to hydrolysis) is 1. The van der Waals surface area contributed by atoms with Gasteiger partial charge in [-0.3, -0.25) is 4.79 Å². The molecular weight excluding hydrogens is 434 g/mol. The zero-order chi connectivity index (χ0) is 26.0. The average Bonchev–Trinajstić information content (AvgIpc) is 2.75. The van der Waals surface area contributed by atoms with Crippen LogP contribution in [-0.2, 0) is 28.5 Å². The summed E-state index contributed by atoms with van der Waals surface area (Å²) in [6.45, 7) is 6.55. The lowest BCUT2D eigenvalue weighted by atomic mass is 9.83. The van der Waals surface area contributed by atoms with Crippen molar-refractivity contribution in [1.29, 1.82) is 10.5 Å². The number of carboxylic acids is 1. The van der Waals surface area contributed by atoms with Crippen LogP contribution in [0.2, 0.25) is 0 Å². The maximum atomic E-state index is 11.8. The first-order valence-electron chi connectivity index (χ1n) is 10.4. The molecule has 0 aromatic rings. The molecule has 0 bridgehead atoms. The highest BCUT2D eigenvalue weighted by atomic mass is 16.6. The predicted molar refractivity (Wildman–Crippen MR) is 119 cm³/mol. The van der Waals surface area contributed by atoms with Crippen molar-refractivity contribution in [2.45, 2.75) is 57.6 Å². The smallest absolute Gasteiger partial charge is 0.408 e. The number of nitrogens with zero attached hydrogens (tertiary/aromatic N) is 2. The fourth-order valence-corrected chi connectivity index (χ4v) is 2.49. The van der Waals surface area contributed by atoms with E-state index in [4.69, 9.17) is 34.1 Å². The summed E-state index contributed by atoms with van der Waals surface area (Å²) in [4.78, 5) is 22.7. The molecule has 33 heavy (non-hydrogen) atoms. The van der Waals surface area contributed by atoms with Crippen molar-refractivity contribution >= 4 is 12.1 Å². The number of nitriles is 2. The number of methoxy groups -OCH3 is 4. The highest BCUT2D eigenvalue weighted by molar-refractivity contribution is 5.77. The largest absolute Gasteiger partial charge is 0.480 e. The number of hydrogen-bond donors (Lipinski definition) is 2. The molecule has 0 heterocycles. The fourth-order valence-electron chi connectivity index (χ4n) is 2.49. The van der Waals surface area contributed by atoms with Gasteiger partial charge in [-0.05, 0) is 20.8 Å². The lowest BCUT2D eigenvalue weighted by molar-refractivity contribution is -0.147. The Morgan fingerprint density at radius 1 is 0.788 bits per heavy atom. The Morgan fingerprint density at radius 2 is 1.18 bits per heavy atom. The summed E-state index contributed by atoms with van der Waals surface area (Å²) >= 11 is 0. The minimum atomic E-state index is -1.38. The maximum Gasteiger partial charge on any atom is 0.408 e. The van der Waals surface area contributed by atoms with E-state index in [0.717, 1.165) is 0 Å². The molecule has 0 aliphatic heterocycles.